The van der Waals surface area contributed by atoms with Crippen molar-refractivity contribution in [3.05, 3.63) is 65.7 Å². The molecule has 202 valence electrons. The third-order valence-electron chi connectivity index (χ3n) is 5.81. The predicted octanol–water partition coefficient (Wildman–Crippen LogP) is 4.91. The van der Waals surface area contributed by atoms with E-state index < -0.39 is 17.7 Å². The highest BCUT2D eigenvalue weighted by Crippen LogP contribution is 2.30. The first-order valence-electron chi connectivity index (χ1n) is 12.5. The Labute approximate surface area is 223 Å². The maximum Gasteiger partial charge on any atom is 0.408 e. The summed E-state index contributed by atoms with van der Waals surface area (Å²) in [6.07, 6.45) is 1.42. The largest absolute Gasteiger partial charge is 0.496 e. The van der Waals surface area contributed by atoms with Gasteiger partial charge in [0.05, 0.1) is 18.7 Å². The van der Waals surface area contributed by atoms with Crippen LogP contribution in [0.25, 0.3) is 0 Å². The van der Waals surface area contributed by atoms with Gasteiger partial charge < -0.3 is 24.4 Å². The number of amides is 1. The number of ketones is 1. The lowest BCUT2D eigenvalue weighted by molar-refractivity contribution is 0.0490. The molecule has 1 fully saturated rings. The monoisotopic (exact) mass is 522 g/mol. The molecule has 1 amide bonds. The van der Waals surface area contributed by atoms with Crippen LogP contribution >= 0.6 is 0 Å². The lowest BCUT2D eigenvalue weighted by Crippen LogP contribution is -2.43. The van der Waals surface area contributed by atoms with Gasteiger partial charge in [0.2, 0.25) is 4.91 Å². The average Bonchev–Trinajstić information content (AvgIpc) is 2.88. The van der Waals surface area contributed by atoms with Crippen molar-refractivity contribution in [3.63, 3.8) is 0 Å². The summed E-state index contributed by atoms with van der Waals surface area (Å²) in [6, 6.07) is 11.9. The van der Waals surface area contributed by atoms with E-state index in [1.807, 2.05) is 18.2 Å². The lowest BCUT2D eigenvalue weighted by Gasteiger charge is -2.30. The van der Waals surface area contributed by atoms with Gasteiger partial charge in [-0.05, 0) is 63.9 Å². The van der Waals surface area contributed by atoms with Gasteiger partial charge in [0.1, 0.15) is 40.9 Å². The fourth-order valence-electron chi connectivity index (χ4n) is 4.07. The molecule has 3 rings (SSSR count). The summed E-state index contributed by atoms with van der Waals surface area (Å²) in [7, 11) is 1.54. The molecule has 0 radical (unpaired) electrons. The molecule has 38 heavy (non-hydrogen) atoms. The molecule has 1 aliphatic heterocycles. The third-order valence-corrected chi connectivity index (χ3v) is 5.81. The van der Waals surface area contributed by atoms with Crippen molar-refractivity contribution in [2.24, 2.45) is 5.11 Å². The number of hydrogen-bond donors (Lipinski definition) is 2. The molecule has 0 saturated carbocycles. The van der Waals surface area contributed by atoms with Crippen LogP contribution < -0.4 is 24.6 Å². The molecule has 2 aromatic rings. The van der Waals surface area contributed by atoms with Crippen molar-refractivity contribution in [3.8, 4) is 11.5 Å². The van der Waals surface area contributed by atoms with E-state index >= 15 is 0 Å². The minimum atomic E-state index is -0.665. The zero-order valence-electron chi connectivity index (χ0n) is 22.5. The molecule has 2 N–H and O–H groups in total. The minimum absolute atomic E-state index is 0.0353. The fourth-order valence-corrected chi connectivity index (χ4v) is 4.07. The molecule has 1 atom stereocenters. The second-order valence-corrected chi connectivity index (χ2v) is 10.1. The summed E-state index contributed by atoms with van der Waals surface area (Å²) in [4.78, 5) is 31.0. The van der Waals surface area contributed by atoms with E-state index in [-0.39, 0.29) is 18.9 Å². The van der Waals surface area contributed by atoms with E-state index in [4.69, 9.17) is 19.7 Å². The smallest absolute Gasteiger partial charge is 0.408 e. The zero-order chi connectivity index (χ0) is 27.7. The van der Waals surface area contributed by atoms with E-state index in [0.717, 1.165) is 31.6 Å². The summed E-state index contributed by atoms with van der Waals surface area (Å²) in [5.41, 5.74) is 9.26. The van der Waals surface area contributed by atoms with Gasteiger partial charge in [0.15, 0.2) is 5.78 Å². The molecule has 1 aliphatic rings. The van der Waals surface area contributed by atoms with Crippen LogP contribution in [-0.4, -0.2) is 56.9 Å². The number of benzene rings is 2. The molecule has 1 saturated heterocycles. The van der Waals surface area contributed by atoms with Crippen molar-refractivity contribution < 1.29 is 23.8 Å². The van der Waals surface area contributed by atoms with Gasteiger partial charge in [-0.2, -0.15) is 0 Å². The highest BCUT2D eigenvalue weighted by atomic mass is 16.6. The molecular weight excluding hydrogens is 486 g/mol. The maximum atomic E-state index is 13.5. The predicted molar refractivity (Wildman–Crippen MR) is 144 cm³/mol. The Bertz CT molecular complexity index is 1220. The SMILES string of the molecule is C=C1CCCN(c2ccc(OC)c(C(=O)c3cccc(OC[C@@H](CN=[N+]=N)NC(=O)OC(C)(C)C)c3)c2)C1. The first kappa shape index (κ1) is 28.4. The molecule has 10 heteroatoms. The van der Waals surface area contributed by atoms with Gasteiger partial charge in [0, 0.05) is 24.3 Å². The topological polar surface area (TPSA) is 127 Å². The number of carbonyl (C=O) groups is 2. The number of carbonyl (C=O) groups excluding carboxylic acids is 2. The van der Waals surface area contributed by atoms with Crippen LogP contribution in [0.1, 0.15) is 49.5 Å². The fraction of sp³-hybridized carbons (Fsp3) is 0.429. The van der Waals surface area contributed by atoms with Crippen LogP contribution in [0.15, 0.2) is 59.7 Å². The van der Waals surface area contributed by atoms with Crippen molar-refractivity contribution >= 4 is 17.6 Å². The number of hydrogen-bond acceptors (Lipinski definition) is 8. The molecule has 2 aromatic carbocycles. The summed E-state index contributed by atoms with van der Waals surface area (Å²) in [6.45, 7) is 11.1. The Kier molecular flexibility index (Phi) is 9.62. The number of alkyl carbamates (subject to hydrolysis) is 1. The highest BCUT2D eigenvalue weighted by molar-refractivity contribution is 6.11. The van der Waals surface area contributed by atoms with Crippen LogP contribution in [0.4, 0.5) is 10.5 Å². The van der Waals surface area contributed by atoms with E-state index in [9.17, 15) is 9.59 Å². The Morgan fingerprint density at radius 3 is 2.71 bits per heavy atom. The van der Waals surface area contributed by atoms with Gasteiger partial charge in [-0.25, -0.2) is 4.79 Å². The second kappa shape index (κ2) is 12.9. The highest BCUT2D eigenvalue weighted by Gasteiger charge is 2.22. The van der Waals surface area contributed by atoms with Crippen molar-refractivity contribution in [1.29, 1.82) is 5.53 Å². The number of anilines is 1. The zero-order valence-corrected chi connectivity index (χ0v) is 22.5. The summed E-state index contributed by atoms with van der Waals surface area (Å²) >= 11 is 0. The molecule has 0 spiro atoms. The van der Waals surface area contributed by atoms with Gasteiger partial charge in [-0.3, -0.25) is 4.79 Å². The summed E-state index contributed by atoms with van der Waals surface area (Å²) < 4.78 is 16.7. The van der Waals surface area contributed by atoms with Crippen LogP contribution in [0.3, 0.4) is 0 Å². The maximum absolute atomic E-state index is 13.5. The number of ether oxygens (including phenoxy) is 3. The third kappa shape index (κ3) is 8.18. The summed E-state index contributed by atoms with van der Waals surface area (Å²) in [5, 5.41) is 6.33. The number of methoxy groups -OCH3 is 1. The standard InChI is InChI=1S/C28H35N5O5/c1-19-8-7-13-33(17-19)22-11-12-25(36-5)24(15-22)26(34)20-9-6-10-23(14-20)37-18-21(16-30-32-29)31-27(35)38-28(2,3)4/h6,9-12,14-15,21,29H,1,7-8,13,16-18H2,2-5H3/p+1/t21-/m1/s1. The lowest BCUT2D eigenvalue weighted by atomic mass is 10.00. The molecule has 0 aromatic heterocycles. The second-order valence-electron chi connectivity index (χ2n) is 10.1. The van der Waals surface area contributed by atoms with Crippen LogP contribution in [0.2, 0.25) is 0 Å². The molecule has 0 bridgehead atoms. The normalized spacial score (nSPS) is 14.2. The van der Waals surface area contributed by atoms with E-state index in [0.29, 0.717) is 22.6 Å². The minimum Gasteiger partial charge on any atom is -0.496 e. The van der Waals surface area contributed by atoms with Gasteiger partial charge >= 0.3 is 6.09 Å². The molecule has 10 nitrogen and oxygen atoms in total. The van der Waals surface area contributed by atoms with Crippen LogP contribution in [0.5, 0.6) is 11.5 Å². The van der Waals surface area contributed by atoms with Crippen molar-refractivity contribution in [1.82, 2.24) is 10.2 Å². The number of nitrogens with zero attached hydrogens (tertiary/aromatic N) is 3. The van der Waals surface area contributed by atoms with Gasteiger partial charge in [0.25, 0.3) is 0 Å². The molecular formula is C28H36N5O5+. The Hall–Kier alpha value is -4.17. The number of nitrogens with one attached hydrogen (secondary N) is 2. The van der Waals surface area contributed by atoms with Crippen LogP contribution in [-0.2, 0) is 4.74 Å². The van der Waals surface area contributed by atoms with Gasteiger partial charge in [-0.15, -0.1) is 0 Å². The number of rotatable bonds is 10. The quantitative estimate of drug-likeness (QED) is 0.198. The Morgan fingerprint density at radius 1 is 1.24 bits per heavy atom. The van der Waals surface area contributed by atoms with Crippen molar-refractivity contribution in [2.75, 3.05) is 38.3 Å². The Morgan fingerprint density at radius 2 is 2.03 bits per heavy atom. The van der Waals surface area contributed by atoms with Crippen molar-refractivity contribution in [2.45, 2.75) is 45.3 Å². The van der Waals surface area contributed by atoms with E-state index in [1.165, 1.54) is 5.57 Å². The first-order valence-corrected chi connectivity index (χ1v) is 12.5. The van der Waals surface area contributed by atoms with Crippen LogP contribution in [0, 0.1) is 5.53 Å². The average molecular weight is 523 g/mol. The molecule has 1 heterocycles. The van der Waals surface area contributed by atoms with E-state index in [2.05, 4.69) is 26.8 Å². The first-order chi connectivity index (χ1) is 18.1. The molecule has 0 unspecified atom stereocenters. The summed E-state index contributed by atoms with van der Waals surface area (Å²) in [5.74, 6) is 0.733. The van der Waals surface area contributed by atoms with E-state index in [1.54, 1.807) is 52.1 Å². The Balaban J connectivity index is 1.75. The molecule has 0 aliphatic carbocycles. The number of piperidine rings is 1. The van der Waals surface area contributed by atoms with Gasteiger partial charge in [-0.1, -0.05) is 24.3 Å².